The number of fused-ring (bicyclic) bond motifs is 1. The maximum absolute atomic E-state index is 12.0. The van der Waals surface area contributed by atoms with Gasteiger partial charge in [0, 0.05) is 17.5 Å². The molecular formula is C25H28O3. The molecule has 3 nitrogen and oxygen atoms in total. The summed E-state index contributed by atoms with van der Waals surface area (Å²) in [7, 11) is 0. The van der Waals surface area contributed by atoms with Crippen LogP contribution in [0.5, 0.6) is 5.75 Å². The quantitative estimate of drug-likeness (QED) is 0.328. The fraction of sp³-hybridized carbons (Fsp3) is 0.320. The van der Waals surface area contributed by atoms with Crippen LogP contribution < -0.4 is 10.4 Å². The lowest BCUT2D eigenvalue weighted by Crippen LogP contribution is -1.99. The number of benzene rings is 2. The van der Waals surface area contributed by atoms with Crippen molar-refractivity contribution < 1.29 is 9.15 Å². The molecular weight excluding hydrogens is 348 g/mol. The van der Waals surface area contributed by atoms with Crippen molar-refractivity contribution in [2.75, 3.05) is 6.61 Å². The molecule has 1 heterocycles. The summed E-state index contributed by atoms with van der Waals surface area (Å²) in [6, 6.07) is 17.1. The van der Waals surface area contributed by atoms with Gasteiger partial charge in [-0.25, -0.2) is 4.79 Å². The average Bonchev–Trinajstić information content (AvgIpc) is 2.67. The van der Waals surface area contributed by atoms with Gasteiger partial charge in [0.05, 0.1) is 0 Å². The second-order valence-electron chi connectivity index (χ2n) is 7.65. The Hall–Kier alpha value is -2.81. The van der Waals surface area contributed by atoms with Crippen molar-refractivity contribution in [3.05, 3.63) is 76.7 Å². The molecule has 0 unspecified atom stereocenters. The van der Waals surface area contributed by atoms with Crippen molar-refractivity contribution in [1.29, 1.82) is 0 Å². The molecule has 3 heteroatoms. The molecule has 0 saturated carbocycles. The Balaban J connectivity index is 1.73. The molecule has 0 amide bonds. The molecule has 0 bridgehead atoms. The van der Waals surface area contributed by atoms with Crippen LogP contribution in [0.1, 0.15) is 40.0 Å². The van der Waals surface area contributed by atoms with E-state index in [1.54, 1.807) is 12.1 Å². The number of hydrogen-bond acceptors (Lipinski definition) is 3. The lowest BCUT2D eigenvalue weighted by atomic mass is 10.0. The molecule has 28 heavy (non-hydrogen) atoms. The van der Waals surface area contributed by atoms with E-state index in [4.69, 9.17) is 9.15 Å². The van der Waals surface area contributed by atoms with E-state index in [0.717, 1.165) is 28.9 Å². The first-order valence-electron chi connectivity index (χ1n) is 9.94. The van der Waals surface area contributed by atoms with Crippen LogP contribution in [0.4, 0.5) is 0 Å². The third-order valence-corrected chi connectivity index (χ3v) is 4.84. The third-order valence-electron chi connectivity index (χ3n) is 4.84. The topological polar surface area (TPSA) is 39.4 Å². The van der Waals surface area contributed by atoms with Crippen molar-refractivity contribution in [2.24, 2.45) is 5.92 Å². The van der Waals surface area contributed by atoms with E-state index < -0.39 is 0 Å². The summed E-state index contributed by atoms with van der Waals surface area (Å²) < 4.78 is 11.3. The second-order valence-corrected chi connectivity index (χ2v) is 7.65. The van der Waals surface area contributed by atoms with Gasteiger partial charge in [0.15, 0.2) is 0 Å². The molecule has 0 aliphatic carbocycles. The number of rotatable bonds is 8. The molecule has 0 aliphatic heterocycles. The van der Waals surface area contributed by atoms with E-state index >= 15 is 0 Å². The smallest absolute Gasteiger partial charge is 0.336 e. The first-order valence-corrected chi connectivity index (χ1v) is 9.94. The Bertz CT molecular complexity index is 997. The van der Waals surface area contributed by atoms with E-state index in [1.165, 1.54) is 18.4 Å². The minimum atomic E-state index is -0.357. The van der Waals surface area contributed by atoms with Crippen molar-refractivity contribution in [2.45, 2.75) is 40.0 Å². The van der Waals surface area contributed by atoms with Crippen molar-refractivity contribution >= 4 is 11.0 Å². The van der Waals surface area contributed by atoms with Crippen LogP contribution in [0.15, 0.2) is 75.5 Å². The van der Waals surface area contributed by atoms with Crippen LogP contribution in [-0.4, -0.2) is 6.61 Å². The van der Waals surface area contributed by atoms with Crippen LogP contribution >= 0.6 is 0 Å². The number of allylic oxidation sites excluding steroid dienone is 1. The molecule has 0 spiro atoms. The molecule has 0 fully saturated rings. The lowest BCUT2D eigenvalue weighted by Gasteiger charge is -2.09. The normalized spacial score (nSPS) is 11.9. The van der Waals surface area contributed by atoms with E-state index in [9.17, 15) is 4.79 Å². The van der Waals surface area contributed by atoms with Gasteiger partial charge in [-0.15, -0.1) is 0 Å². The molecule has 0 N–H and O–H groups in total. The fourth-order valence-electron chi connectivity index (χ4n) is 3.26. The van der Waals surface area contributed by atoms with Crippen molar-refractivity contribution in [3.63, 3.8) is 0 Å². The SMILES string of the molecule is C/C(=C\COc1ccc2c(-c3ccccc3)cc(=O)oc2c1)CCCC(C)C. The highest BCUT2D eigenvalue weighted by Crippen LogP contribution is 2.29. The maximum Gasteiger partial charge on any atom is 0.336 e. The minimum Gasteiger partial charge on any atom is -0.489 e. The Morgan fingerprint density at radius 3 is 2.64 bits per heavy atom. The first kappa shape index (κ1) is 19.9. The monoisotopic (exact) mass is 376 g/mol. The summed E-state index contributed by atoms with van der Waals surface area (Å²) in [5.74, 6) is 1.45. The number of ether oxygens (including phenoxy) is 1. The highest BCUT2D eigenvalue weighted by atomic mass is 16.5. The third kappa shape index (κ3) is 5.35. The molecule has 2 aromatic carbocycles. The van der Waals surface area contributed by atoms with Crippen molar-refractivity contribution in [3.8, 4) is 16.9 Å². The van der Waals surface area contributed by atoms with E-state index in [1.807, 2.05) is 42.5 Å². The second kappa shape index (κ2) is 9.41. The van der Waals surface area contributed by atoms with Crippen LogP contribution in [0.3, 0.4) is 0 Å². The summed E-state index contributed by atoms with van der Waals surface area (Å²) >= 11 is 0. The van der Waals surface area contributed by atoms with Crippen LogP contribution in [0.2, 0.25) is 0 Å². The van der Waals surface area contributed by atoms with Gasteiger partial charge in [-0.05, 0) is 55.0 Å². The summed E-state index contributed by atoms with van der Waals surface area (Å²) in [6.45, 7) is 7.17. The molecule has 3 aromatic rings. The maximum atomic E-state index is 12.0. The van der Waals surface area contributed by atoms with Gasteiger partial charge in [-0.2, -0.15) is 0 Å². The van der Waals surface area contributed by atoms with Crippen LogP contribution in [0.25, 0.3) is 22.1 Å². The zero-order valence-corrected chi connectivity index (χ0v) is 16.9. The molecule has 0 atom stereocenters. The molecule has 0 radical (unpaired) electrons. The Morgan fingerprint density at radius 2 is 1.89 bits per heavy atom. The van der Waals surface area contributed by atoms with Gasteiger partial charge in [0.2, 0.25) is 0 Å². The zero-order chi connectivity index (χ0) is 19.9. The van der Waals surface area contributed by atoms with Gasteiger partial charge >= 0.3 is 5.63 Å². The van der Waals surface area contributed by atoms with Crippen LogP contribution in [-0.2, 0) is 0 Å². The fourth-order valence-corrected chi connectivity index (χ4v) is 3.26. The van der Waals surface area contributed by atoms with Crippen molar-refractivity contribution in [1.82, 2.24) is 0 Å². The standard InChI is InChI=1S/C25H28O3/c1-18(2)8-7-9-19(3)14-15-27-21-12-13-22-23(20-10-5-4-6-11-20)17-25(26)28-24(22)16-21/h4-6,10-14,16-18H,7-9,15H2,1-3H3/b19-14+. The number of hydrogen-bond donors (Lipinski definition) is 0. The Kier molecular flexibility index (Phi) is 6.70. The Labute approximate surface area is 166 Å². The van der Waals surface area contributed by atoms with E-state index in [0.29, 0.717) is 17.9 Å². The average molecular weight is 376 g/mol. The van der Waals surface area contributed by atoms with Gasteiger partial charge < -0.3 is 9.15 Å². The van der Waals surface area contributed by atoms with Gasteiger partial charge in [-0.1, -0.05) is 56.2 Å². The van der Waals surface area contributed by atoms with Gasteiger partial charge in [-0.3, -0.25) is 0 Å². The first-order chi connectivity index (χ1) is 13.5. The lowest BCUT2D eigenvalue weighted by molar-refractivity contribution is 0.361. The largest absolute Gasteiger partial charge is 0.489 e. The summed E-state index contributed by atoms with van der Waals surface area (Å²) in [4.78, 5) is 12.0. The Morgan fingerprint density at radius 1 is 1.11 bits per heavy atom. The molecule has 3 rings (SSSR count). The van der Waals surface area contributed by atoms with E-state index in [-0.39, 0.29) is 5.63 Å². The minimum absolute atomic E-state index is 0.357. The molecule has 1 aromatic heterocycles. The van der Waals surface area contributed by atoms with Gasteiger partial charge in [0.25, 0.3) is 0 Å². The van der Waals surface area contributed by atoms with E-state index in [2.05, 4.69) is 26.8 Å². The molecule has 146 valence electrons. The predicted molar refractivity (Wildman–Crippen MR) is 116 cm³/mol. The van der Waals surface area contributed by atoms with Crippen LogP contribution in [0, 0.1) is 5.92 Å². The molecule has 0 saturated heterocycles. The summed E-state index contributed by atoms with van der Waals surface area (Å²) in [5.41, 5.74) is 3.40. The predicted octanol–water partition coefficient (Wildman–Crippen LogP) is 6.61. The van der Waals surface area contributed by atoms with Gasteiger partial charge in [0.1, 0.15) is 17.9 Å². The zero-order valence-electron chi connectivity index (χ0n) is 16.9. The highest BCUT2D eigenvalue weighted by molar-refractivity contribution is 5.93. The summed E-state index contributed by atoms with van der Waals surface area (Å²) in [5, 5.41) is 0.901. The molecule has 0 aliphatic rings. The summed E-state index contributed by atoms with van der Waals surface area (Å²) in [6.07, 6.45) is 5.69. The highest BCUT2D eigenvalue weighted by Gasteiger charge is 2.09.